The van der Waals surface area contributed by atoms with Gasteiger partial charge >= 0.3 is 0 Å². The molecular weight excluding hydrogens is 603 g/mol. The van der Waals surface area contributed by atoms with Gasteiger partial charge in [-0.3, -0.25) is 4.99 Å². The van der Waals surface area contributed by atoms with Gasteiger partial charge in [0.1, 0.15) is 0 Å². The van der Waals surface area contributed by atoms with Gasteiger partial charge in [0.05, 0.1) is 23.3 Å². The maximum absolute atomic E-state index is 4.79. The van der Waals surface area contributed by atoms with E-state index >= 15 is 0 Å². The largest absolute Gasteiger partial charge is 0.255 e. The van der Waals surface area contributed by atoms with Crippen molar-refractivity contribution in [3.63, 3.8) is 0 Å². The number of hydrogen-bond donors (Lipinski definition) is 0. The molecule has 2 rings (SSSR count). The van der Waals surface area contributed by atoms with Crippen LogP contribution in [0.5, 0.6) is 0 Å². The third kappa shape index (κ3) is 26.1. The van der Waals surface area contributed by atoms with Crippen LogP contribution < -0.4 is 0 Å². The van der Waals surface area contributed by atoms with Crippen LogP contribution >= 0.6 is 0 Å². The van der Waals surface area contributed by atoms with Crippen LogP contribution in [0.15, 0.2) is 82.8 Å². The van der Waals surface area contributed by atoms with E-state index in [0.717, 1.165) is 23.5 Å². The molecule has 0 aliphatic rings. The summed E-state index contributed by atoms with van der Waals surface area (Å²) < 4.78 is 0. The Morgan fingerprint density at radius 3 is 1.20 bits per heavy atom. The molecular formula is C43H68N2Ni. The molecule has 46 heavy (non-hydrogen) atoms. The molecule has 0 atom stereocenters. The standard InChI is InChI=1S/C43H68N2.Ni/c1-2-3-4-5-6-7-8-9-10-11-12-13-14-15-16-17-18-19-20-21-22-23-24-25-26-27-30-39-43(45-42-37-33-29-34-38-42)40-44-41-35-31-28-32-36-41;/h28-40H,2-27H2,1H3;/b39-30+,44-40+,45-43+;. The zero-order valence-corrected chi connectivity index (χ0v) is 30.6. The van der Waals surface area contributed by atoms with Gasteiger partial charge in [-0.05, 0) is 43.2 Å². The number of nitrogens with zero attached hydrogens (tertiary/aromatic N) is 2. The maximum Gasteiger partial charge on any atom is 0.0816 e. The predicted octanol–water partition coefficient (Wildman–Crippen LogP) is 14.9. The van der Waals surface area contributed by atoms with Crippen molar-refractivity contribution < 1.29 is 16.5 Å². The van der Waals surface area contributed by atoms with Gasteiger partial charge in [0, 0.05) is 16.5 Å². The normalized spacial score (nSPS) is 11.9. The van der Waals surface area contributed by atoms with Crippen molar-refractivity contribution in [2.24, 2.45) is 9.98 Å². The van der Waals surface area contributed by atoms with Crippen molar-refractivity contribution in [2.75, 3.05) is 0 Å². The summed E-state index contributed by atoms with van der Waals surface area (Å²) >= 11 is 0. The Bertz CT molecular complexity index is 982. The molecule has 3 heteroatoms. The van der Waals surface area contributed by atoms with Crippen molar-refractivity contribution in [3.05, 3.63) is 72.8 Å². The minimum absolute atomic E-state index is 0. The minimum Gasteiger partial charge on any atom is -0.255 e. The van der Waals surface area contributed by atoms with Crippen molar-refractivity contribution in [1.82, 2.24) is 0 Å². The van der Waals surface area contributed by atoms with E-state index in [4.69, 9.17) is 4.99 Å². The van der Waals surface area contributed by atoms with Crippen LogP contribution in [0.1, 0.15) is 174 Å². The molecule has 260 valence electrons. The topological polar surface area (TPSA) is 24.7 Å². The van der Waals surface area contributed by atoms with Gasteiger partial charge in [-0.15, -0.1) is 0 Å². The summed E-state index contributed by atoms with van der Waals surface area (Å²) in [7, 11) is 0. The minimum atomic E-state index is 0. The van der Waals surface area contributed by atoms with Gasteiger partial charge in [0.15, 0.2) is 0 Å². The summed E-state index contributed by atoms with van der Waals surface area (Å²) in [5.41, 5.74) is 2.80. The number of para-hydroxylation sites is 2. The maximum atomic E-state index is 4.79. The Hall–Kier alpha value is -1.99. The summed E-state index contributed by atoms with van der Waals surface area (Å²) in [4.78, 5) is 9.40. The number of hydrogen-bond acceptors (Lipinski definition) is 2. The number of aliphatic imine (C=N–C) groups is 2. The van der Waals surface area contributed by atoms with Gasteiger partial charge < -0.3 is 0 Å². The van der Waals surface area contributed by atoms with Gasteiger partial charge in [-0.25, -0.2) is 4.99 Å². The Morgan fingerprint density at radius 2 is 0.804 bits per heavy atom. The first-order valence-electron chi connectivity index (χ1n) is 19.3. The van der Waals surface area contributed by atoms with E-state index in [1.165, 1.54) is 161 Å². The van der Waals surface area contributed by atoms with Crippen LogP contribution in [0, 0.1) is 0 Å². The zero-order chi connectivity index (χ0) is 31.7. The van der Waals surface area contributed by atoms with Crippen LogP contribution in [0.25, 0.3) is 0 Å². The van der Waals surface area contributed by atoms with E-state index in [-0.39, 0.29) is 16.5 Å². The van der Waals surface area contributed by atoms with Gasteiger partial charge in [0.25, 0.3) is 0 Å². The average Bonchev–Trinajstić information content (AvgIpc) is 3.07. The Kier molecular flexibility index (Phi) is 30.1. The molecule has 0 amide bonds. The number of rotatable bonds is 30. The average molecular weight is 672 g/mol. The smallest absolute Gasteiger partial charge is 0.0816 e. The Morgan fingerprint density at radius 1 is 0.457 bits per heavy atom. The molecule has 0 aliphatic carbocycles. The number of allylic oxidation sites excluding steroid dienone is 2. The van der Waals surface area contributed by atoms with E-state index < -0.39 is 0 Å². The van der Waals surface area contributed by atoms with E-state index in [9.17, 15) is 0 Å². The van der Waals surface area contributed by atoms with Crippen LogP contribution in [-0.4, -0.2) is 11.9 Å². The first kappa shape index (κ1) is 42.0. The van der Waals surface area contributed by atoms with E-state index in [0.29, 0.717) is 0 Å². The van der Waals surface area contributed by atoms with Crippen LogP contribution in [0.2, 0.25) is 0 Å². The Labute approximate surface area is 295 Å². The Balaban J connectivity index is 0.0000106. The quantitative estimate of drug-likeness (QED) is 0.0449. The third-order valence-electron chi connectivity index (χ3n) is 8.88. The molecule has 0 fully saturated rings. The monoisotopic (exact) mass is 670 g/mol. The van der Waals surface area contributed by atoms with Gasteiger partial charge in [-0.2, -0.15) is 0 Å². The SMILES string of the molecule is CCCCCCCCCCCCCCCCCCCCCCCCCCC/C=C/C(/C=N/c1ccccc1)=N\c1ccccc1.[Ni]. The van der Waals surface area contributed by atoms with Gasteiger partial charge in [-0.1, -0.05) is 203 Å². The molecule has 0 bridgehead atoms. The summed E-state index contributed by atoms with van der Waals surface area (Å²) in [5.74, 6) is 0. The first-order chi connectivity index (χ1) is 22.4. The van der Waals surface area contributed by atoms with Crippen molar-refractivity contribution in [1.29, 1.82) is 0 Å². The molecule has 2 aromatic rings. The van der Waals surface area contributed by atoms with E-state index in [1.807, 2.05) is 66.9 Å². The first-order valence-corrected chi connectivity index (χ1v) is 19.3. The molecule has 0 aromatic heterocycles. The summed E-state index contributed by atoms with van der Waals surface area (Å²) in [6.45, 7) is 2.30. The second kappa shape index (κ2) is 32.9. The molecule has 0 aliphatic heterocycles. The van der Waals surface area contributed by atoms with E-state index in [2.05, 4.69) is 24.1 Å². The van der Waals surface area contributed by atoms with Crippen molar-refractivity contribution in [2.45, 2.75) is 174 Å². The summed E-state index contributed by atoms with van der Waals surface area (Å²) in [5, 5.41) is 0. The molecule has 2 aromatic carbocycles. The summed E-state index contributed by atoms with van der Waals surface area (Å²) in [6, 6.07) is 20.2. The van der Waals surface area contributed by atoms with Crippen LogP contribution in [0.3, 0.4) is 0 Å². The van der Waals surface area contributed by atoms with Crippen molar-refractivity contribution in [3.8, 4) is 0 Å². The molecule has 0 N–H and O–H groups in total. The second-order valence-corrected chi connectivity index (χ2v) is 13.1. The van der Waals surface area contributed by atoms with E-state index in [1.54, 1.807) is 0 Å². The molecule has 2 nitrogen and oxygen atoms in total. The fourth-order valence-electron chi connectivity index (χ4n) is 6.02. The number of benzene rings is 2. The van der Waals surface area contributed by atoms with Crippen LogP contribution in [-0.2, 0) is 16.5 Å². The fraction of sp³-hybridized carbons (Fsp3) is 0.628. The second-order valence-electron chi connectivity index (χ2n) is 13.1. The van der Waals surface area contributed by atoms with Crippen LogP contribution in [0.4, 0.5) is 11.4 Å². The molecule has 0 saturated heterocycles. The molecule has 0 radical (unpaired) electrons. The fourth-order valence-corrected chi connectivity index (χ4v) is 6.02. The zero-order valence-electron chi connectivity index (χ0n) is 29.6. The molecule has 0 unspecified atom stereocenters. The predicted molar refractivity (Wildman–Crippen MR) is 203 cm³/mol. The molecule has 0 spiro atoms. The molecule has 0 heterocycles. The van der Waals surface area contributed by atoms with Gasteiger partial charge in [0.2, 0.25) is 0 Å². The summed E-state index contributed by atoms with van der Waals surface area (Å²) in [6.07, 6.45) is 43.3. The molecule has 0 saturated carbocycles. The van der Waals surface area contributed by atoms with Crippen molar-refractivity contribution >= 4 is 23.3 Å². The number of unbranched alkanes of at least 4 members (excludes halogenated alkanes) is 25. The third-order valence-corrected chi connectivity index (χ3v) is 8.88.